The molecule has 4 aromatic carbocycles. The molecule has 5 aromatic rings. The molecule has 0 amide bonds. The highest BCUT2D eigenvalue weighted by Gasteiger charge is 2.43. The average molecular weight is 553 g/mol. The van der Waals surface area contributed by atoms with Crippen LogP contribution in [0.1, 0.15) is 30.8 Å². The van der Waals surface area contributed by atoms with Gasteiger partial charge in [0.05, 0.1) is 24.5 Å². The molecule has 1 aromatic heterocycles. The number of hydrogen-bond donors (Lipinski definition) is 1. The van der Waals surface area contributed by atoms with E-state index in [2.05, 4.69) is 53.8 Å². The SMILES string of the molecule is CCOP(=O)(OCC)[C@H]([NH2+]Cc1ccccc1)c1cn(-c2ccccc2)nc1-c1ccc(-c2ccccc2)cc1. The zero-order valence-electron chi connectivity index (χ0n) is 22.9. The molecule has 0 aliphatic rings. The van der Waals surface area contributed by atoms with Gasteiger partial charge in [-0.3, -0.25) is 4.57 Å². The van der Waals surface area contributed by atoms with E-state index < -0.39 is 13.4 Å². The average Bonchev–Trinajstić information content (AvgIpc) is 3.44. The van der Waals surface area contributed by atoms with E-state index in [1.165, 1.54) is 0 Å². The number of hydrogen-bond acceptors (Lipinski definition) is 4. The Hall–Kier alpha value is -3.80. The second kappa shape index (κ2) is 13.0. The van der Waals surface area contributed by atoms with Gasteiger partial charge in [-0.25, -0.2) is 4.68 Å². The van der Waals surface area contributed by atoms with E-state index in [0.29, 0.717) is 6.54 Å². The van der Waals surface area contributed by atoms with Gasteiger partial charge < -0.3 is 14.4 Å². The van der Waals surface area contributed by atoms with Crippen molar-refractivity contribution in [2.45, 2.75) is 26.2 Å². The first-order valence-electron chi connectivity index (χ1n) is 13.7. The molecular formula is C33H35N3O3P+. The number of nitrogens with zero attached hydrogens (tertiary/aromatic N) is 2. The number of rotatable bonds is 12. The van der Waals surface area contributed by atoms with Crippen LogP contribution in [0.5, 0.6) is 0 Å². The summed E-state index contributed by atoms with van der Waals surface area (Å²) in [5, 5.41) is 7.08. The molecule has 1 atom stereocenters. The molecular weight excluding hydrogens is 517 g/mol. The summed E-state index contributed by atoms with van der Waals surface area (Å²) in [4.78, 5) is 0. The molecule has 0 fully saturated rings. The van der Waals surface area contributed by atoms with Crippen molar-refractivity contribution in [3.05, 3.63) is 133 Å². The normalized spacial score (nSPS) is 12.3. The molecule has 7 heteroatoms. The molecule has 0 spiro atoms. The van der Waals surface area contributed by atoms with Crippen molar-refractivity contribution in [2.24, 2.45) is 0 Å². The first-order valence-corrected chi connectivity index (χ1v) is 15.3. The lowest BCUT2D eigenvalue weighted by atomic mass is 10.0. The van der Waals surface area contributed by atoms with Gasteiger partial charge in [-0.1, -0.05) is 103 Å². The van der Waals surface area contributed by atoms with Crippen LogP contribution in [0.3, 0.4) is 0 Å². The largest absolute Gasteiger partial charge is 0.392 e. The van der Waals surface area contributed by atoms with Crippen LogP contribution in [0.15, 0.2) is 121 Å². The molecule has 0 aliphatic heterocycles. The van der Waals surface area contributed by atoms with Crippen molar-refractivity contribution in [3.8, 4) is 28.1 Å². The van der Waals surface area contributed by atoms with E-state index >= 15 is 0 Å². The molecule has 40 heavy (non-hydrogen) atoms. The Labute approximate surface area is 236 Å². The van der Waals surface area contributed by atoms with Gasteiger partial charge in [0.15, 0.2) is 0 Å². The zero-order chi connectivity index (χ0) is 27.8. The summed E-state index contributed by atoms with van der Waals surface area (Å²) < 4.78 is 28.1. The minimum atomic E-state index is -3.58. The Morgan fingerprint density at radius 2 is 1.25 bits per heavy atom. The Bertz CT molecular complexity index is 1530. The molecule has 5 rings (SSSR count). The van der Waals surface area contributed by atoms with Crippen molar-refractivity contribution in [1.29, 1.82) is 0 Å². The smallest absolute Gasteiger partial charge is 0.326 e. The molecule has 0 aliphatic carbocycles. The highest BCUT2D eigenvalue weighted by atomic mass is 31.2. The second-order valence-electron chi connectivity index (χ2n) is 9.40. The predicted molar refractivity (Wildman–Crippen MR) is 160 cm³/mol. The zero-order valence-corrected chi connectivity index (χ0v) is 23.8. The van der Waals surface area contributed by atoms with Crippen LogP contribution in [0.25, 0.3) is 28.1 Å². The molecule has 0 unspecified atom stereocenters. The second-order valence-corrected chi connectivity index (χ2v) is 11.6. The fourth-order valence-corrected chi connectivity index (χ4v) is 6.85. The van der Waals surface area contributed by atoms with E-state index in [1.807, 2.05) is 91.5 Å². The van der Waals surface area contributed by atoms with Gasteiger partial charge in [0.1, 0.15) is 12.2 Å². The van der Waals surface area contributed by atoms with Gasteiger partial charge in [0.2, 0.25) is 5.78 Å². The summed E-state index contributed by atoms with van der Waals surface area (Å²) in [5.41, 5.74) is 6.79. The summed E-state index contributed by atoms with van der Waals surface area (Å²) in [6.07, 6.45) is 1.96. The maximum absolute atomic E-state index is 14.4. The Morgan fingerprint density at radius 1 is 0.725 bits per heavy atom. The number of quaternary nitrogens is 1. The fourth-order valence-electron chi connectivity index (χ4n) is 4.84. The number of nitrogens with two attached hydrogens (primary N) is 1. The van der Waals surface area contributed by atoms with Crippen molar-refractivity contribution in [2.75, 3.05) is 13.2 Å². The quantitative estimate of drug-likeness (QED) is 0.166. The van der Waals surface area contributed by atoms with Gasteiger partial charge in [-0.15, -0.1) is 0 Å². The van der Waals surface area contributed by atoms with Crippen LogP contribution < -0.4 is 5.32 Å². The topological polar surface area (TPSA) is 70.0 Å². The third kappa shape index (κ3) is 6.33. The Balaban J connectivity index is 1.62. The predicted octanol–water partition coefficient (Wildman–Crippen LogP) is 7.23. The van der Waals surface area contributed by atoms with Crippen molar-refractivity contribution in [3.63, 3.8) is 0 Å². The van der Waals surface area contributed by atoms with Crippen molar-refractivity contribution in [1.82, 2.24) is 9.78 Å². The monoisotopic (exact) mass is 552 g/mol. The van der Waals surface area contributed by atoms with Gasteiger partial charge >= 0.3 is 7.60 Å². The minimum Gasteiger partial charge on any atom is -0.326 e. The van der Waals surface area contributed by atoms with Crippen LogP contribution in [0.4, 0.5) is 0 Å². The number of para-hydroxylation sites is 1. The number of aromatic nitrogens is 2. The highest BCUT2D eigenvalue weighted by Crippen LogP contribution is 2.58. The lowest BCUT2D eigenvalue weighted by molar-refractivity contribution is -0.693. The first kappa shape index (κ1) is 27.8. The molecule has 0 radical (unpaired) electrons. The summed E-state index contributed by atoms with van der Waals surface area (Å²) >= 11 is 0. The number of benzene rings is 4. The van der Waals surface area contributed by atoms with Crippen LogP contribution in [-0.4, -0.2) is 23.0 Å². The van der Waals surface area contributed by atoms with E-state index in [1.54, 1.807) is 0 Å². The highest BCUT2D eigenvalue weighted by molar-refractivity contribution is 7.54. The minimum absolute atomic E-state index is 0.279. The molecule has 0 saturated heterocycles. The third-order valence-electron chi connectivity index (χ3n) is 6.73. The molecule has 2 N–H and O–H groups in total. The first-order chi connectivity index (χ1) is 19.6. The summed E-state index contributed by atoms with van der Waals surface area (Å²) in [6, 6.07) is 38.7. The maximum Gasteiger partial charge on any atom is 0.392 e. The maximum atomic E-state index is 14.4. The summed E-state index contributed by atoms with van der Waals surface area (Å²) in [6.45, 7) is 4.85. The third-order valence-corrected chi connectivity index (χ3v) is 9.13. The lowest BCUT2D eigenvalue weighted by Gasteiger charge is -2.24. The van der Waals surface area contributed by atoms with Crippen LogP contribution >= 0.6 is 7.60 Å². The Kier molecular flexibility index (Phi) is 9.04. The molecule has 0 saturated carbocycles. The van der Waals surface area contributed by atoms with Gasteiger partial charge in [0, 0.05) is 17.3 Å². The molecule has 0 bridgehead atoms. The van der Waals surface area contributed by atoms with Gasteiger partial charge in [-0.05, 0) is 37.1 Å². The van der Waals surface area contributed by atoms with E-state index in [4.69, 9.17) is 14.1 Å². The van der Waals surface area contributed by atoms with Crippen molar-refractivity contribution < 1.29 is 18.9 Å². The standard InChI is InChI=1S/C33H34N3O3P/c1-3-38-40(37,39-4-2)33(34-24-26-14-8-5-9-15-26)31-25-36(30-18-12-7-13-19-30)35-32(31)29-22-20-28(21-23-29)27-16-10-6-11-17-27/h5-23,25,33-34H,3-4,24H2,1-2H3/p+1/t33-/m0/s1. The summed E-state index contributed by atoms with van der Waals surface area (Å²) in [5.74, 6) is -0.617. The molecule has 1 heterocycles. The van der Waals surface area contributed by atoms with Crippen LogP contribution in [-0.2, 0) is 20.2 Å². The van der Waals surface area contributed by atoms with Crippen LogP contribution in [0.2, 0.25) is 0 Å². The molecule has 6 nitrogen and oxygen atoms in total. The van der Waals surface area contributed by atoms with Gasteiger partial charge in [0.25, 0.3) is 0 Å². The van der Waals surface area contributed by atoms with E-state index in [0.717, 1.165) is 39.2 Å². The van der Waals surface area contributed by atoms with Gasteiger partial charge in [-0.2, -0.15) is 5.10 Å². The van der Waals surface area contributed by atoms with Crippen molar-refractivity contribution >= 4 is 7.60 Å². The Morgan fingerprint density at radius 3 is 1.85 bits per heavy atom. The van der Waals surface area contributed by atoms with Crippen LogP contribution in [0, 0.1) is 0 Å². The fraction of sp³-hybridized carbons (Fsp3) is 0.182. The summed E-state index contributed by atoms with van der Waals surface area (Å²) in [7, 11) is -3.58. The van der Waals surface area contributed by atoms with E-state index in [9.17, 15) is 4.57 Å². The molecule has 204 valence electrons. The van der Waals surface area contributed by atoms with E-state index in [-0.39, 0.29) is 13.2 Å². The lowest BCUT2D eigenvalue weighted by Crippen LogP contribution is -2.83.